The Balaban J connectivity index is 1.73. The number of aliphatic hydroxyl groups is 3. The van der Waals surface area contributed by atoms with E-state index >= 15 is 0 Å². The third kappa shape index (κ3) is 2.94. The largest absolute Gasteiger partial charge is 0.511 e. The van der Waals surface area contributed by atoms with Crippen LogP contribution in [0.3, 0.4) is 0 Å². The Morgan fingerprint density at radius 2 is 1.94 bits per heavy atom. The van der Waals surface area contributed by atoms with Crippen LogP contribution in [0.1, 0.15) is 28.8 Å². The van der Waals surface area contributed by atoms with Crippen LogP contribution in [0.4, 0.5) is 5.69 Å². The molecule has 0 saturated carbocycles. The number of carbonyl (C=O) groups excluding carboxylic acids is 3. The summed E-state index contributed by atoms with van der Waals surface area (Å²) in [5, 5.41) is 47.5. The highest BCUT2D eigenvalue weighted by Crippen LogP contribution is 2.53. The van der Waals surface area contributed by atoms with Crippen molar-refractivity contribution in [3.63, 3.8) is 0 Å². The molecule has 0 spiro atoms. The molecule has 0 radical (unpaired) electrons. The number of phenolic OH excluding ortho intramolecular Hbond substituents is 1. The molecular formula is C24H23N3O8. The second-order valence-corrected chi connectivity index (χ2v) is 9.36. The van der Waals surface area contributed by atoms with Crippen molar-refractivity contribution >= 4 is 23.2 Å². The molecule has 6 N–H and O–H groups in total. The maximum atomic E-state index is 13.8. The van der Waals surface area contributed by atoms with Crippen molar-refractivity contribution in [2.45, 2.75) is 24.9 Å². The van der Waals surface area contributed by atoms with Crippen molar-refractivity contribution in [3.8, 4) is 16.9 Å². The number of carbonyl (C=O) groups is 3. The van der Waals surface area contributed by atoms with E-state index in [0.29, 0.717) is 16.8 Å². The van der Waals surface area contributed by atoms with Gasteiger partial charge in [0.1, 0.15) is 29.1 Å². The lowest BCUT2D eigenvalue weighted by molar-refractivity contribution is -0.144. The van der Waals surface area contributed by atoms with Crippen molar-refractivity contribution in [2.24, 2.45) is 17.6 Å². The average Bonchev–Trinajstić information content (AvgIpc) is 3.30. The lowest BCUT2D eigenvalue weighted by Crippen LogP contribution is -2.57. The molecule has 11 nitrogen and oxygen atoms in total. The number of aliphatic hydroxyl groups excluding tert-OH is 2. The molecule has 35 heavy (non-hydrogen) atoms. The second-order valence-electron chi connectivity index (χ2n) is 9.36. The molecule has 3 aliphatic carbocycles. The van der Waals surface area contributed by atoms with E-state index in [1.54, 1.807) is 25.1 Å². The third-order valence-corrected chi connectivity index (χ3v) is 7.26. The number of rotatable bonds is 3. The van der Waals surface area contributed by atoms with Crippen LogP contribution < -0.4 is 10.6 Å². The van der Waals surface area contributed by atoms with Gasteiger partial charge in [-0.2, -0.15) is 0 Å². The van der Waals surface area contributed by atoms with Gasteiger partial charge < -0.3 is 35.6 Å². The van der Waals surface area contributed by atoms with Gasteiger partial charge in [0.25, 0.3) is 5.91 Å². The summed E-state index contributed by atoms with van der Waals surface area (Å²) in [5.41, 5.74) is 3.46. The molecule has 0 fully saturated rings. The van der Waals surface area contributed by atoms with Crippen LogP contribution in [-0.2, 0) is 16.0 Å². The molecule has 0 aliphatic heterocycles. The first kappa shape index (κ1) is 22.7. The minimum atomic E-state index is -2.60. The van der Waals surface area contributed by atoms with Crippen LogP contribution in [0.2, 0.25) is 0 Å². The van der Waals surface area contributed by atoms with Crippen molar-refractivity contribution in [3.05, 3.63) is 52.3 Å². The number of hydrogen-bond donors (Lipinski definition) is 5. The smallest absolute Gasteiger partial charge is 0.255 e. The van der Waals surface area contributed by atoms with Gasteiger partial charge in [0.2, 0.25) is 5.78 Å². The first-order chi connectivity index (χ1) is 16.5. The van der Waals surface area contributed by atoms with E-state index in [-0.39, 0.29) is 41.7 Å². The van der Waals surface area contributed by atoms with Gasteiger partial charge in [-0.25, -0.2) is 0 Å². The average molecular weight is 481 g/mol. The molecule has 1 amide bonds. The second kappa shape index (κ2) is 7.44. The number of allylic oxidation sites excluding steroid dienone is 2. The maximum absolute atomic E-state index is 13.8. The fourth-order valence-corrected chi connectivity index (χ4v) is 5.62. The summed E-state index contributed by atoms with van der Waals surface area (Å²) in [4.78, 5) is 40.4. The number of nitrogens with two attached hydrogens (primary N) is 1. The molecule has 0 saturated heterocycles. The minimum absolute atomic E-state index is 0.0657. The van der Waals surface area contributed by atoms with Crippen LogP contribution in [-0.4, -0.2) is 62.8 Å². The molecular weight excluding hydrogens is 458 g/mol. The number of benzene rings is 1. The molecule has 182 valence electrons. The van der Waals surface area contributed by atoms with Crippen LogP contribution in [0, 0.1) is 11.8 Å². The summed E-state index contributed by atoms with van der Waals surface area (Å²) in [6.07, 6.45) is 2.72. The molecule has 11 heteroatoms. The number of Topliss-reactive ketones (excluding diaryl/α,β-unsaturated/α-hetero) is 2. The number of amides is 1. The summed E-state index contributed by atoms with van der Waals surface area (Å²) in [7, 11) is 3.57. The van der Waals surface area contributed by atoms with E-state index in [1.807, 2.05) is 0 Å². The highest BCUT2D eigenvalue weighted by atomic mass is 16.5. The summed E-state index contributed by atoms with van der Waals surface area (Å²) in [6, 6.07) is 1.71. The lowest BCUT2D eigenvalue weighted by atomic mass is 9.60. The van der Waals surface area contributed by atoms with Gasteiger partial charge >= 0.3 is 0 Å². The van der Waals surface area contributed by atoms with E-state index in [2.05, 4.69) is 5.16 Å². The molecule has 3 aliphatic rings. The Hall–Kier alpha value is -4.12. The van der Waals surface area contributed by atoms with E-state index in [9.17, 15) is 34.8 Å². The quantitative estimate of drug-likeness (QED) is 0.400. The Kier molecular flexibility index (Phi) is 4.82. The normalized spacial score (nSPS) is 25.8. The fraction of sp³-hybridized carbons (Fsp3) is 0.333. The summed E-state index contributed by atoms with van der Waals surface area (Å²) < 4.78 is 4.88. The van der Waals surface area contributed by atoms with Crippen LogP contribution in [0.15, 0.2) is 45.7 Å². The van der Waals surface area contributed by atoms with Gasteiger partial charge in [0.05, 0.1) is 11.8 Å². The number of phenols is 1. The van der Waals surface area contributed by atoms with E-state index in [0.717, 1.165) is 0 Å². The fourth-order valence-electron chi connectivity index (χ4n) is 5.62. The van der Waals surface area contributed by atoms with Crippen LogP contribution in [0.5, 0.6) is 5.75 Å². The molecule has 1 aromatic heterocycles. The number of aromatic nitrogens is 1. The molecule has 0 bridgehead atoms. The molecule has 3 atom stereocenters. The van der Waals surface area contributed by atoms with Crippen LogP contribution in [0.25, 0.3) is 11.1 Å². The van der Waals surface area contributed by atoms with E-state index in [4.69, 9.17) is 10.3 Å². The first-order valence-corrected chi connectivity index (χ1v) is 10.9. The Bertz CT molecular complexity index is 1370. The van der Waals surface area contributed by atoms with Crippen molar-refractivity contribution in [1.29, 1.82) is 0 Å². The molecule has 1 aromatic carbocycles. The molecule has 0 unspecified atom stereocenters. The zero-order valence-corrected chi connectivity index (χ0v) is 18.9. The predicted octanol–water partition coefficient (Wildman–Crippen LogP) is 1.30. The van der Waals surface area contributed by atoms with E-state index < -0.39 is 52.0 Å². The Morgan fingerprint density at radius 3 is 2.54 bits per heavy atom. The molecule has 2 aromatic rings. The molecule has 1 heterocycles. The highest BCUT2D eigenvalue weighted by Gasteiger charge is 2.59. The van der Waals surface area contributed by atoms with Crippen molar-refractivity contribution in [1.82, 2.24) is 5.16 Å². The van der Waals surface area contributed by atoms with Gasteiger partial charge in [-0.05, 0) is 30.4 Å². The maximum Gasteiger partial charge on any atom is 0.255 e. The topological polar surface area (TPSA) is 187 Å². The Morgan fingerprint density at radius 1 is 1.23 bits per heavy atom. The van der Waals surface area contributed by atoms with Gasteiger partial charge in [-0.1, -0.05) is 5.16 Å². The SMILES string of the molecule is CN(C)c1cc(-c2cnoc2)c(O)c2c1C[C@H]1C[C@H]3CC(O)=C(C(N)=O)C(=O)[C@@]3(O)C(O)=C1C2=O. The highest BCUT2D eigenvalue weighted by molar-refractivity contribution is 6.24. The summed E-state index contributed by atoms with van der Waals surface area (Å²) in [6.45, 7) is 0. The zero-order chi connectivity index (χ0) is 25.4. The number of fused-ring (bicyclic) bond motifs is 3. The van der Waals surface area contributed by atoms with Gasteiger partial charge in [-0.15, -0.1) is 0 Å². The number of hydrogen-bond acceptors (Lipinski definition) is 10. The predicted molar refractivity (Wildman–Crippen MR) is 121 cm³/mol. The summed E-state index contributed by atoms with van der Waals surface area (Å²) in [5.74, 6) is -6.61. The van der Waals surface area contributed by atoms with Crippen LogP contribution >= 0.6 is 0 Å². The minimum Gasteiger partial charge on any atom is -0.511 e. The molecule has 5 rings (SSSR count). The zero-order valence-electron chi connectivity index (χ0n) is 18.9. The number of aromatic hydroxyl groups is 1. The van der Waals surface area contributed by atoms with Gasteiger partial charge in [-0.3, -0.25) is 14.4 Å². The summed E-state index contributed by atoms with van der Waals surface area (Å²) >= 11 is 0. The van der Waals surface area contributed by atoms with Gasteiger partial charge in [0.15, 0.2) is 11.4 Å². The monoisotopic (exact) mass is 481 g/mol. The third-order valence-electron chi connectivity index (χ3n) is 7.26. The standard InChI is InChI=1S/C24H23N3O8/c1-27(2)14-6-12(10-7-26-35-8-10)19(29)17-13(14)4-9-3-11-5-15(28)18(23(25)33)22(32)24(11,34)21(31)16(9)20(17)30/h6-9,11,28-29,31,34H,3-5H2,1-2H3,(H2,25,33)/t9-,11+,24+/m1/s1. The number of ketones is 2. The Labute approximate surface area is 198 Å². The van der Waals surface area contributed by atoms with Gasteiger partial charge in [0, 0.05) is 48.8 Å². The number of nitrogens with zero attached hydrogens (tertiary/aromatic N) is 2. The van der Waals surface area contributed by atoms with Crippen molar-refractivity contribution in [2.75, 3.05) is 19.0 Å². The lowest BCUT2D eigenvalue weighted by Gasteiger charge is -2.46. The number of primary amides is 1. The first-order valence-electron chi connectivity index (χ1n) is 10.9. The van der Waals surface area contributed by atoms with Crippen molar-refractivity contribution < 1.29 is 39.3 Å². The van der Waals surface area contributed by atoms with E-state index in [1.165, 1.54) is 12.5 Å². The number of anilines is 1.